The second kappa shape index (κ2) is 6.17. The molecule has 0 atom stereocenters. The maximum atomic E-state index is 12.1. The van der Waals surface area contributed by atoms with Gasteiger partial charge < -0.3 is 15.0 Å². The van der Waals surface area contributed by atoms with Gasteiger partial charge in [0.05, 0.1) is 0 Å². The van der Waals surface area contributed by atoms with Crippen LogP contribution >= 0.6 is 0 Å². The van der Waals surface area contributed by atoms with Crippen molar-refractivity contribution in [1.82, 2.24) is 9.88 Å². The molecule has 0 bridgehead atoms. The normalized spacial score (nSPS) is 10.3. The summed E-state index contributed by atoms with van der Waals surface area (Å²) in [5.41, 5.74) is 1.03. The Balaban J connectivity index is 2.83. The first-order valence-electron chi connectivity index (χ1n) is 6.00. The van der Waals surface area contributed by atoms with Crippen LogP contribution in [0.15, 0.2) is 10.9 Å². The average Bonchev–Trinajstić information content (AvgIpc) is 2.26. The Hall–Kier alpha value is -2.11. The molecule has 0 unspecified atom stereocenters. The third-order valence-electron chi connectivity index (χ3n) is 2.81. The first-order chi connectivity index (χ1) is 8.82. The van der Waals surface area contributed by atoms with Gasteiger partial charge in [0, 0.05) is 25.7 Å². The number of carbonyl (C=O) groups is 2. The van der Waals surface area contributed by atoms with E-state index in [0.717, 1.165) is 0 Å². The Kier molecular flexibility index (Phi) is 4.86. The number of carboxylic acid groups (broad SMARTS) is 1. The largest absolute Gasteiger partial charge is 0.481 e. The SMILES string of the molecule is Cc1cc(C)c(C(=O)N(C)CCCC(=O)O)c(=O)[nH]1. The maximum Gasteiger partial charge on any atom is 0.303 e. The van der Waals surface area contributed by atoms with Crippen LogP contribution in [-0.4, -0.2) is 40.5 Å². The lowest BCUT2D eigenvalue weighted by Gasteiger charge is -2.17. The van der Waals surface area contributed by atoms with Crippen molar-refractivity contribution in [3.05, 3.63) is 33.2 Å². The summed E-state index contributed by atoms with van der Waals surface area (Å²) in [7, 11) is 1.56. The number of nitrogens with one attached hydrogen (secondary N) is 1. The molecule has 0 aliphatic carbocycles. The van der Waals surface area contributed by atoms with Gasteiger partial charge >= 0.3 is 5.97 Å². The summed E-state index contributed by atoms with van der Waals surface area (Å²) < 4.78 is 0. The molecule has 1 rings (SSSR count). The summed E-state index contributed by atoms with van der Waals surface area (Å²) in [5, 5.41) is 8.54. The summed E-state index contributed by atoms with van der Waals surface area (Å²) in [6.45, 7) is 3.76. The predicted octanol–water partition coefficient (Wildman–Crippen LogP) is 0.929. The highest BCUT2D eigenvalue weighted by atomic mass is 16.4. The minimum atomic E-state index is -0.898. The van der Waals surface area contributed by atoms with Gasteiger partial charge in [0.1, 0.15) is 5.56 Å². The van der Waals surface area contributed by atoms with Crippen LogP contribution in [0.4, 0.5) is 0 Å². The van der Waals surface area contributed by atoms with Crippen molar-refractivity contribution in [3.8, 4) is 0 Å². The second-order valence-electron chi connectivity index (χ2n) is 4.56. The van der Waals surface area contributed by atoms with Crippen molar-refractivity contribution < 1.29 is 14.7 Å². The van der Waals surface area contributed by atoms with E-state index in [1.54, 1.807) is 27.0 Å². The zero-order valence-corrected chi connectivity index (χ0v) is 11.3. The highest BCUT2D eigenvalue weighted by molar-refractivity contribution is 5.95. The van der Waals surface area contributed by atoms with Crippen LogP contribution in [0.2, 0.25) is 0 Å². The lowest BCUT2D eigenvalue weighted by Crippen LogP contribution is -2.33. The number of carboxylic acids is 1. The number of rotatable bonds is 5. The molecule has 104 valence electrons. The van der Waals surface area contributed by atoms with Crippen molar-refractivity contribution in [2.24, 2.45) is 0 Å². The third kappa shape index (κ3) is 3.94. The van der Waals surface area contributed by atoms with Crippen molar-refractivity contribution in [3.63, 3.8) is 0 Å². The van der Waals surface area contributed by atoms with Gasteiger partial charge in [-0.05, 0) is 31.9 Å². The summed E-state index contributed by atoms with van der Waals surface area (Å²) in [4.78, 5) is 38.3. The summed E-state index contributed by atoms with van der Waals surface area (Å²) in [5.74, 6) is -1.28. The van der Waals surface area contributed by atoms with E-state index >= 15 is 0 Å². The fourth-order valence-corrected chi connectivity index (χ4v) is 1.88. The first-order valence-corrected chi connectivity index (χ1v) is 6.00. The number of aryl methyl sites for hydroxylation is 2. The molecular formula is C13H18N2O4. The Morgan fingerprint density at radius 3 is 2.53 bits per heavy atom. The lowest BCUT2D eigenvalue weighted by atomic mass is 10.1. The zero-order valence-electron chi connectivity index (χ0n) is 11.3. The van der Waals surface area contributed by atoms with Gasteiger partial charge in [-0.15, -0.1) is 0 Å². The lowest BCUT2D eigenvalue weighted by molar-refractivity contribution is -0.137. The average molecular weight is 266 g/mol. The molecule has 1 aromatic heterocycles. The van der Waals surface area contributed by atoms with E-state index in [4.69, 9.17) is 5.11 Å². The van der Waals surface area contributed by atoms with Gasteiger partial charge in [-0.1, -0.05) is 0 Å². The van der Waals surface area contributed by atoms with E-state index in [2.05, 4.69) is 4.98 Å². The quantitative estimate of drug-likeness (QED) is 0.829. The molecule has 2 N–H and O–H groups in total. The first kappa shape index (κ1) is 14.9. The predicted molar refractivity (Wildman–Crippen MR) is 70.4 cm³/mol. The topological polar surface area (TPSA) is 90.5 Å². The van der Waals surface area contributed by atoms with Crippen LogP contribution in [0, 0.1) is 13.8 Å². The minimum absolute atomic E-state index is 0.000850. The molecule has 1 heterocycles. The van der Waals surface area contributed by atoms with E-state index in [-0.39, 0.29) is 17.9 Å². The van der Waals surface area contributed by atoms with Crippen LogP contribution in [0.3, 0.4) is 0 Å². The smallest absolute Gasteiger partial charge is 0.303 e. The van der Waals surface area contributed by atoms with Gasteiger partial charge in [0.25, 0.3) is 11.5 Å². The van der Waals surface area contributed by atoms with E-state index in [1.807, 2.05) is 0 Å². The Morgan fingerprint density at radius 1 is 1.37 bits per heavy atom. The van der Waals surface area contributed by atoms with Crippen LogP contribution in [0.25, 0.3) is 0 Å². The van der Waals surface area contributed by atoms with Gasteiger partial charge in [0.2, 0.25) is 0 Å². The number of H-pyrrole nitrogens is 1. The summed E-state index contributed by atoms with van der Waals surface area (Å²) in [6, 6.07) is 1.74. The van der Waals surface area contributed by atoms with Crippen molar-refractivity contribution in [2.45, 2.75) is 26.7 Å². The van der Waals surface area contributed by atoms with Crippen LogP contribution in [-0.2, 0) is 4.79 Å². The van der Waals surface area contributed by atoms with Crippen LogP contribution < -0.4 is 5.56 Å². The molecule has 1 aromatic rings. The van der Waals surface area contributed by atoms with E-state index in [1.165, 1.54) is 4.90 Å². The molecule has 0 aliphatic heterocycles. The molecule has 0 spiro atoms. The van der Waals surface area contributed by atoms with Crippen molar-refractivity contribution in [2.75, 3.05) is 13.6 Å². The molecule has 6 heteroatoms. The van der Waals surface area contributed by atoms with E-state index < -0.39 is 11.5 Å². The van der Waals surface area contributed by atoms with Gasteiger partial charge in [-0.25, -0.2) is 0 Å². The molecule has 0 radical (unpaired) electrons. The summed E-state index contributed by atoms with van der Waals surface area (Å²) >= 11 is 0. The number of hydrogen-bond donors (Lipinski definition) is 2. The molecule has 0 aromatic carbocycles. The van der Waals surface area contributed by atoms with Gasteiger partial charge in [-0.3, -0.25) is 14.4 Å². The molecule has 6 nitrogen and oxygen atoms in total. The molecule has 0 saturated carbocycles. The zero-order chi connectivity index (χ0) is 14.6. The number of aliphatic carboxylic acids is 1. The highest BCUT2D eigenvalue weighted by Gasteiger charge is 2.18. The highest BCUT2D eigenvalue weighted by Crippen LogP contribution is 2.07. The van der Waals surface area contributed by atoms with Crippen LogP contribution in [0.1, 0.15) is 34.5 Å². The van der Waals surface area contributed by atoms with Gasteiger partial charge in [-0.2, -0.15) is 0 Å². The monoisotopic (exact) mass is 266 g/mol. The molecule has 1 amide bonds. The van der Waals surface area contributed by atoms with Crippen molar-refractivity contribution >= 4 is 11.9 Å². The molecule has 0 saturated heterocycles. The van der Waals surface area contributed by atoms with Crippen molar-refractivity contribution in [1.29, 1.82) is 0 Å². The number of hydrogen-bond acceptors (Lipinski definition) is 3. The number of amides is 1. The molecule has 19 heavy (non-hydrogen) atoms. The third-order valence-corrected chi connectivity index (χ3v) is 2.81. The van der Waals surface area contributed by atoms with Crippen LogP contribution in [0.5, 0.6) is 0 Å². The van der Waals surface area contributed by atoms with E-state index in [9.17, 15) is 14.4 Å². The number of aromatic amines is 1. The van der Waals surface area contributed by atoms with Gasteiger partial charge in [0.15, 0.2) is 0 Å². The van der Waals surface area contributed by atoms with E-state index in [0.29, 0.717) is 24.2 Å². The number of aromatic nitrogens is 1. The summed E-state index contributed by atoms with van der Waals surface area (Å²) in [6.07, 6.45) is 0.362. The number of nitrogens with zero attached hydrogens (tertiary/aromatic N) is 1. The Labute approximate surface area is 111 Å². The molecular weight excluding hydrogens is 248 g/mol. The number of pyridine rings is 1. The fraction of sp³-hybridized carbons (Fsp3) is 0.462. The number of carbonyl (C=O) groups excluding carboxylic acids is 1. The maximum absolute atomic E-state index is 12.1. The molecule has 0 fully saturated rings. The fourth-order valence-electron chi connectivity index (χ4n) is 1.88. The second-order valence-corrected chi connectivity index (χ2v) is 4.56. The molecule has 0 aliphatic rings. The Morgan fingerprint density at radius 2 is 2.00 bits per heavy atom. The minimum Gasteiger partial charge on any atom is -0.481 e. The standard InChI is InChI=1S/C13H18N2O4/c1-8-7-9(2)14-12(18)11(8)13(19)15(3)6-4-5-10(16)17/h7H,4-6H2,1-3H3,(H,14,18)(H,16,17). The Bertz CT molecular complexity index is 548.